The molecule has 0 spiro atoms. The van der Waals surface area contributed by atoms with E-state index in [9.17, 15) is 9.59 Å². The molecule has 0 bridgehead atoms. The topological polar surface area (TPSA) is 88.5 Å². The van der Waals surface area contributed by atoms with Crippen LogP contribution in [0.5, 0.6) is 0 Å². The third-order valence-electron chi connectivity index (χ3n) is 12.7. The van der Waals surface area contributed by atoms with Gasteiger partial charge in [0.15, 0.2) is 0 Å². The summed E-state index contributed by atoms with van der Waals surface area (Å²) in [5, 5.41) is 14.4. The van der Waals surface area contributed by atoms with E-state index in [1.165, 1.54) is 79.6 Å². The molecule has 0 saturated carbocycles. The molecule has 0 radical (unpaired) electrons. The second-order valence-electron chi connectivity index (χ2n) is 15.8. The number of amides is 2. The van der Waals surface area contributed by atoms with E-state index in [2.05, 4.69) is 111 Å². The Labute approximate surface area is 314 Å². The minimum absolute atomic E-state index is 0.253. The first-order valence-corrected chi connectivity index (χ1v) is 19.9. The molecule has 3 fully saturated rings. The van der Waals surface area contributed by atoms with E-state index in [0.717, 1.165) is 36.4 Å². The summed E-state index contributed by atoms with van der Waals surface area (Å²) in [6, 6.07) is 36.2. The van der Waals surface area contributed by atoms with E-state index in [1.54, 1.807) is 0 Å². The number of aryl methyl sites for hydroxylation is 1. The summed E-state index contributed by atoms with van der Waals surface area (Å²) in [5.74, 6) is 1.03. The average molecular weight is 708 g/mol. The molecule has 3 heterocycles. The van der Waals surface area contributed by atoms with E-state index in [-0.39, 0.29) is 23.9 Å². The first kappa shape index (κ1) is 35.3. The summed E-state index contributed by atoms with van der Waals surface area (Å²) in [4.78, 5) is 29.2. The molecule has 2 amide bonds. The Balaban J connectivity index is 0.841. The van der Waals surface area contributed by atoms with Gasteiger partial charge >= 0.3 is 0 Å². The van der Waals surface area contributed by atoms with Crippen molar-refractivity contribution in [1.82, 2.24) is 10.2 Å². The number of piperidine rings is 3. The molecule has 3 N–H and O–H groups in total. The van der Waals surface area contributed by atoms with E-state index in [4.69, 9.17) is 5.41 Å². The molecule has 7 nitrogen and oxygen atoms in total. The molecule has 3 saturated heterocycles. The van der Waals surface area contributed by atoms with Crippen molar-refractivity contribution in [3.8, 4) is 0 Å². The van der Waals surface area contributed by atoms with Crippen LogP contribution in [0.15, 0.2) is 97.1 Å². The summed E-state index contributed by atoms with van der Waals surface area (Å²) in [7, 11) is 1.86. The summed E-state index contributed by atoms with van der Waals surface area (Å²) in [6.45, 7) is 5.58. The van der Waals surface area contributed by atoms with Crippen LogP contribution >= 0.6 is 0 Å². The summed E-state index contributed by atoms with van der Waals surface area (Å²) < 4.78 is 0. The van der Waals surface area contributed by atoms with Crippen LogP contribution in [-0.4, -0.2) is 62.2 Å². The standard InChI is InChI=1S/C46H53N5O2/c1-48-42-29-37(16-18-40(42)45(47)41-19-20-43(52)49-46(41)53)51-27-21-31(22-28-51)30-50-25-23-33(24-26-50)32-11-13-36(14-12-32)44-38-10-6-5-9-35(38)15-17-39(44)34-7-3-2-4-8-34/h2-14,16,18,29,31,33,39,41,44,47-48H,15,17,19-28,30H2,1H3,(H,49,52,53). The van der Waals surface area contributed by atoms with Gasteiger partial charge in [-0.1, -0.05) is 78.9 Å². The lowest BCUT2D eigenvalue weighted by molar-refractivity contribution is -0.134. The highest BCUT2D eigenvalue weighted by atomic mass is 16.2. The number of hydrogen-bond acceptors (Lipinski definition) is 6. The van der Waals surface area contributed by atoms with E-state index < -0.39 is 5.92 Å². The number of likely N-dealkylation sites (tertiary alicyclic amines) is 1. The first-order chi connectivity index (χ1) is 25.9. The number of nitrogens with one attached hydrogen (secondary N) is 3. The van der Waals surface area contributed by atoms with Crippen LogP contribution in [0, 0.1) is 17.2 Å². The predicted molar refractivity (Wildman–Crippen MR) is 214 cm³/mol. The molecular formula is C46H53N5O2. The Kier molecular flexibility index (Phi) is 10.4. The first-order valence-electron chi connectivity index (χ1n) is 19.9. The minimum atomic E-state index is -0.592. The zero-order valence-corrected chi connectivity index (χ0v) is 31.0. The highest BCUT2D eigenvalue weighted by Gasteiger charge is 2.34. The number of fused-ring (bicyclic) bond motifs is 1. The van der Waals surface area contributed by atoms with Gasteiger partial charge < -0.3 is 20.5 Å². The van der Waals surface area contributed by atoms with E-state index >= 15 is 0 Å². The van der Waals surface area contributed by atoms with E-state index in [0.29, 0.717) is 30.1 Å². The van der Waals surface area contributed by atoms with Crippen LogP contribution in [-0.2, 0) is 16.0 Å². The predicted octanol–water partition coefficient (Wildman–Crippen LogP) is 8.11. The molecular weight excluding hydrogens is 655 g/mol. The van der Waals surface area contributed by atoms with Gasteiger partial charge in [0, 0.05) is 56.0 Å². The summed E-state index contributed by atoms with van der Waals surface area (Å²) in [5.41, 5.74) is 10.4. The number of carbonyl (C=O) groups is 2. The molecule has 3 aliphatic heterocycles. The van der Waals surface area contributed by atoms with Crippen molar-refractivity contribution < 1.29 is 9.59 Å². The smallest absolute Gasteiger partial charge is 0.235 e. The van der Waals surface area contributed by atoms with Gasteiger partial charge in [-0.2, -0.15) is 0 Å². The van der Waals surface area contributed by atoms with Gasteiger partial charge in [-0.05, 0) is 122 Å². The molecule has 8 rings (SSSR count). The van der Waals surface area contributed by atoms with Crippen LogP contribution in [0.4, 0.5) is 11.4 Å². The number of nitrogens with zero attached hydrogens (tertiary/aromatic N) is 2. The lowest BCUT2D eigenvalue weighted by Crippen LogP contribution is -2.44. The van der Waals surface area contributed by atoms with Crippen molar-refractivity contribution >= 4 is 28.9 Å². The normalized spacial score (nSPS) is 23.0. The number of hydrogen-bond donors (Lipinski definition) is 3. The molecule has 1 aliphatic carbocycles. The molecule has 4 aromatic rings. The zero-order valence-electron chi connectivity index (χ0n) is 31.0. The van der Waals surface area contributed by atoms with Crippen LogP contribution in [0.1, 0.15) is 96.1 Å². The quantitative estimate of drug-likeness (QED) is 0.121. The van der Waals surface area contributed by atoms with Gasteiger partial charge in [-0.3, -0.25) is 14.9 Å². The number of rotatable bonds is 9. The molecule has 0 aromatic heterocycles. The number of carbonyl (C=O) groups excluding carboxylic acids is 2. The van der Waals surface area contributed by atoms with Crippen molar-refractivity contribution in [2.75, 3.05) is 50.0 Å². The molecule has 3 unspecified atom stereocenters. The Morgan fingerprint density at radius 1 is 0.755 bits per heavy atom. The number of anilines is 2. The van der Waals surface area contributed by atoms with Gasteiger partial charge in [0.1, 0.15) is 0 Å². The van der Waals surface area contributed by atoms with Gasteiger partial charge in [0.2, 0.25) is 11.8 Å². The fraction of sp³-hybridized carbons (Fsp3) is 0.413. The van der Waals surface area contributed by atoms with Gasteiger partial charge in [0.05, 0.1) is 11.6 Å². The van der Waals surface area contributed by atoms with Gasteiger partial charge in [0.25, 0.3) is 0 Å². The minimum Gasteiger partial charge on any atom is -0.388 e. The van der Waals surface area contributed by atoms with E-state index in [1.807, 2.05) is 13.1 Å². The molecule has 53 heavy (non-hydrogen) atoms. The second-order valence-corrected chi connectivity index (χ2v) is 15.8. The van der Waals surface area contributed by atoms with Crippen molar-refractivity contribution in [3.05, 3.63) is 130 Å². The van der Waals surface area contributed by atoms with Gasteiger partial charge in [-0.25, -0.2) is 0 Å². The Morgan fingerprint density at radius 3 is 2.21 bits per heavy atom. The Hall–Kier alpha value is -4.75. The monoisotopic (exact) mass is 707 g/mol. The van der Waals surface area contributed by atoms with Crippen molar-refractivity contribution in [3.63, 3.8) is 0 Å². The summed E-state index contributed by atoms with van der Waals surface area (Å²) in [6.07, 6.45) is 7.81. The SMILES string of the molecule is CNc1cc(N2CCC(CN3CCC(c4ccc(C5c6ccccc6CCC5c5ccccc5)cc4)CC3)CC2)ccc1C(=N)C1CCC(=O)NC1=O. The zero-order chi connectivity index (χ0) is 36.3. The highest BCUT2D eigenvalue weighted by molar-refractivity contribution is 6.17. The number of imide groups is 1. The maximum Gasteiger partial charge on any atom is 0.235 e. The highest BCUT2D eigenvalue weighted by Crippen LogP contribution is 2.46. The fourth-order valence-corrected chi connectivity index (χ4v) is 9.72. The van der Waals surface area contributed by atoms with Gasteiger partial charge in [-0.15, -0.1) is 0 Å². The van der Waals surface area contributed by atoms with Crippen LogP contribution < -0.4 is 15.5 Å². The Bertz CT molecular complexity index is 1930. The fourth-order valence-electron chi connectivity index (χ4n) is 9.72. The molecule has 274 valence electrons. The molecule has 4 aliphatic rings. The maximum atomic E-state index is 12.4. The van der Waals surface area contributed by atoms with Crippen molar-refractivity contribution in [1.29, 1.82) is 5.41 Å². The molecule has 7 heteroatoms. The molecule has 4 aromatic carbocycles. The maximum absolute atomic E-state index is 12.4. The lowest BCUT2D eigenvalue weighted by atomic mass is 9.69. The average Bonchev–Trinajstić information content (AvgIpc) is 3.21. The van der Waals surface area contributed by atoms with Crippen molar-refractivity contribution in [2.24, 2.45) is 11.8 Å². The molecule has 3 atom stereocenters. The largest absolute Gasteiger partial charge is 0.388 e. The summed E-state index contributed by atoms with van der Waals surface area (Å²) >= 11 is 0. The second kappa shape index (κ2) is 15.7. The Morgan fingerprint density at radius 2 is 1.47 bits per heavy atom. The van der Waals surface area contributed by atoms with Crippen LogP contribution in [0.25, 0.3) is 0 Å². The lowest BCUT2D eigenvalue weighted by Gasteiger charge is -2.39. The number of benzene rings is 4. The van der Waals surface area contributed by atoms with Crippen molar-refractivity contribution in [2.45, 2.75) is 69.1 Å². The van der Waals surface area contributed by atoms with Crippen LogP contribution in [0.2, 0.25) is 0 Å². The third kappa shape index (κ3) is 7.54. The third-order valence-corrected chi connectivity index (χ3v) is 12.7. The van der Waals surface area contributed by atoms with Crippen LogP contribution in [0.3, 0.4) is 0 Å².